The van der Waals surface area contributed by atoms with Crippen molar-refractivity contribution in [3.63, 3.8) is 0 Å². The topological polar surface area (TPSA) is 75.4 Å². The highest BCUT2D eigenvalue weighted by Gasteiger charge is 2.31. The van der Waals surface area contributed by atoms with E-state index < -0.39 is 0 Å². The number of hydrogen-bond donors (Lipinski definition) is 1. The number of likely N-dealkylation sites (N-methyl/N-ethyl adjacent to an activating group) is 1. The minimum absolute atomic E-state index is 0. The summed E-state index contributed by atoms with van der Waals surface area (Å²) in [6, 6.07) is 0.255. The molecule has 0 saturated carbocycles. The standard InChI is InChI=1S/C18H27N5OS.2ClH/c1-5-23(13(4)24)14-7-9-22(10-14)17-16-11(2)12(3)25-18(16)21-15(20-17)6-8-19;;/h14H,5-10,19H2,1-4H3;2*1H. The van der Waals surface area contributed by atoms with Crippen LogP contribution in [0.25, 0.3) is 10.2 Å². The number of aromatic nitrogens is 2. The van der Waals surface area contributed by atoms with Crippen LogP contribution < -0.4 is 10.6 Å². The van der Waals surface area contributed by atoms with Crippen LogP contribution in [0.15, 0.2) is 0 Å². The second-order valence-electron chi connectivity index (χ2n) is 6.66. The van der Waals surface area contributed by atoms with Crippen LogP contribution in [-0.2, 0) is 11.2 Å². The summed E-state index contributed by atoms with van der Waals surface area (Å²) in [7, 11) is 0. The van der Waals surface area contributed by atoms with Crippen molar-refractivity contribution >= 4 is 58.1 Å². The predicted octanol–water partition coefficient (Wildman–Crippen LogP) is 3.10. The Morgan fingerprint density at radius 2 is 2.04 bits per heavy atom. The highest BCUT2D eigenvalue weighted by molar-refractivity contribution is 7.18. The maximum atomic E-state index is 11.9. The molecule has 27 heavy (non-hydrogen) atoms. The van der Waals surface area contributed by atoms with Crippen molar-refractivity contribution < 1.29 is 4.79 Å². The molecule has 3 heterocycles. The lowest BCUT2D eigenvalue weighted by Gasteiger charge is -2.27. The van der Waals surface area contributed by atoms with Gasteiger partial charge in [-0.25, -0.2) is 9.97 Å². The predicted molar refractivity (Wildman–Crippen MR) is 118 cm³/mol. The maximum Gasteiger partial charge on any atom is 0.219 e. The lowest BCUT2D eigenvalue weighted by molar-refractivity contribution is -0.130. The number of aryl methyl sites for hydroxylation is 2. The molecule has 152 valence electrons. The van der Waals surface area contributed by atoms with Crippen LogP contribution in [0.2, 0.25) is 0 Å². The fraction of sp³-hybridized carbons (Fsp3) is 0.611. The number of fused-ring (bicyclic) bond motifs is 1. The molecule has 1 saturated heterocycles. The van der Waals surface area contributed by atoms with Gasteiger partial charge in [-0.3, -0.25) is 4.79 Å². The molecule has 1 aliphatic rings. The third-order valence-corrected chi connectivity index (χ3v) is 6.17. The smallest absolute Gasteiger partial charge is 0.219 e. The molecule has 0 aliphatic carbocycles. The van der Waals surface area contributed by atoms with Gasteiger partial charge in [0.25, 0.3) is 0 Å². The summed E-state index contributed by atoms with van der Waals surface area (Å²) in [5.74, 6) is 1.97. The van der Waals surface area contributed by atoms with E-state index in [0.29, 0.717) is 13.0 Å². The van der Waals surface area contributed by atoms with Crippen LogP contribution in [0.1, 0.15) is 36.5 Å². The van der Waals surface area contributed by atoms with Crippen molar-refractivity contribution in [2.45, 2.75) is 46.6 Å². The number of thiophene rings is 1. The number of carbonyl (C=O) groups excluding carboxylic acids is 1. The number of hydrogen-bond acceptors (Lipinski definition) is 6. The van der Waals surface area contributed by atoms with Crippen LogP contribution in [0, 0.1) is 13.8 Å². The largest absolute Gasteiger partial charge is 0.354 e. The first-order valence-electron chi connectivity index (χ1n) is 8.95. The summed E-state index contributed by atoms with van der Waals surface area (Å²) in [6.45, 7) is 11.0. The molecule has 6 nitrogen and oxygen atoms in total. The molecule has 2 aromatic heterocycles. The zero-order chi connectivity index (χ0) is 18.1. The number of halogens is 2. The Bertz CT molecular complexity index is 798. The van der Waals surface area contributed by atoms with E-state index in [4.69, 9.17) is 15.7 Å². The number of rotatable bonds is 5. The highest BCUT2D eigenvalue weighted by Crippen LogP contribution is 2.36. The van der Waals surface area contributed by atoms with E-state index in [-0.39, 0.29) is 36.8 Å². The Kier molecular flexibility index (Phi) is 8.73. The quantitative estimate of drug-likeness (QED) is 0.783. The van der Waals surface area contributed by atoms with E-state index in [0.717, 1.165) is 47.9 Å². The molecule has 1 unspecified atom stereocenters. The lowest BCUT2D eigenvalue weighted by Crippen LogP contribution is -2.40. The lowest BCUT2D eigenvalue weighted by atomic mass is 10.2. The number of nitrogens with two attached hydrogens (primary N) is 1. The second-order valence-corrected chi connectivity index (χ2v) is 7.86. The van der Waals surface area contributed by atoms with Crippen molar-refractivity contribution in [3.05, 3.63) is 16.3 Å². The minimum Gasteiger partial charge on any atom is -0.354 e. The molecule has 0 radical (unpaired) electrons. The van der Waals surface area contributed by atoms with Gasteiger partial charge >= 0.3 is 0 Å². The number of anilines is 1. The molecule has 3 rings (SSSR count). The number of amides is 1. The summed E-state index contributed by atoms with van der Waals surface area (Å²) in [5.41, 5.74) is 6.98. The molecule has 2 N–H and O–H groups in total. The highest BCUT2D eigenvalue weighted by atomic mass is 35.5. The molecule has 1 amide bonds. The molecule has 1 aliphatic heterocycles. The average molecular weight is 434 g/mol. The van der Waals surface area contributed by atoms with Crippen LogP contribution in [0.4, 0.5) is 5.82 Å². The molecule has 9 heteroatoms. The van der Waals surface area contributed by atoms with E-state index in [2.05, 4.69) is 18.7 Å². The third kappa shape index (κ3) is 4.65. The van der Waals surface area contributed by atoms with E-state index in [9.17, 15) is 4.79 Å². The maximum absolute atomic E-state index is 11.9. The van der Waals surface area contributed by atoms with Gasteiger partial charge in [-0.05, 0) is 39.3 Å². The minimum atomic E-state index is 0. The zero-order valence-corrected chi connectivity index (χ0v) is 18.8. The van der Waals surface area contributed by atoms with Crippen LogP contribution >= 0.6 is 36.2 Å². The van der Waals surface area contributed by atoms with Gasteiger partial charge in [0.2, 0.25) is 5.91 Å². The van der Waals surface area contributed by atoms with Crippen molar-refractivity contribution in [2.75, 3.05) is 31.1 Å². The fourth-order valence-electron chi connectivity index (χ4n) is 3.67. The number of carbonyl (C=O) groups is 1. The first kappa shape index (κ1) is 23.9. The molecular weight excluding hydrogens is 405 g/mol. The normalized spacial score (nSPS) is 16.2. The summed E-state index contributed by atoms with van der Waals surface area (Å²) >= 11 is 1.73. The number of nitrogens with zero attached hydrogens (tertiary/aromatic N) is 4. The Morgan fingerprint density at radius 3 is 2.63 bits per heavy atom. The Labute approximate surface area is 177 Å². The third-order valence-electron chi connectivity index (χ3n) is 5.07. The summed E-state index contributed by atoms with van der Waals surface area (Å²) < 4.78 is 0. The van der Waals surface area contributed by atoms with Crippen LogP contribution in [0.5, 0.6) is 0 Å². The van der Waals surface area contributed by atoms with Crippen molar-refractivity contribution in [3.8, 4) is 0 Å². The van der Waals surface area contributed by atoms with Crippen molar-refractivity contribution in [1.29, 1.82) is 0 Å². The van der Waals surface area contributed by atoms with Gasteiger partial charge in [0.05, 0.1) is 11.4 Å². The van der Waals surface area contributed by atoms with Gasteiger partial charge in [0, 0.05) is 37.9 Å². The second kappa shape index (κ2) is 9.87. The van der Waals surface area contributed by atoms with Crippen LogP contribution in [0.3, 0.4) is 0 Å². The molecule has 1 fully saturated rings. The molecular formula is C18H29Cl2N5OS. The summed E-state index contributed by atoms with van der Waals surface area (Å²) in [5, 5.41) is 1.16. The Balaban J connectivity index is 0.00000182. The van der Waals surface area contributed by atoms with E-state index >= 15 is 0 Å². The van der Waals surface area contributed by atoms with Gasteiger partial charge < -0.3 is 15.5 Å². The first-order valence-corrected chi connectivity index (χ1v) is 9.76. The van der Waals surface area contributed by atoms with E-state index in [1.807, 2.05) is 11.8 Å². The van der Waals surface area contributed by atoms with Gasteiger partial charge in [-0.1, -0.05) is 0 Å². The summed E-state index contributed by atoms with van der Waals surface area (Å²) in [4.78, 5) is 28.1. The molecule has 0 bridgehead atoms. The van der Waals surface area contributed by atoms with Gasteiger partial charge in [-0.15, -0.1) is 36.2 Å². The first-order chi connectivity index (χ1) is 12.0. The van der Waals surface area contributed by atoms with Crippen molar-refractivity contribution in [1.82, 2.24) is 14.9 Å². The van der Waals surface area contributed by atoms with E-state index in [1.165, 1.54) is 10.4 Å². The summed E-state index contributed by atoms with van der Waals surface area (Å²) in [6.07, 6.45) is 1.66. The average Bonchev–Trinajstić information content (AvgIpc) is 3.14. The molecule has 0 aromatic carbocycles. The van der Waals surface area contributed by atoms with Crippen molar-refractivity contribution in [2.24, 2.45) is 5.73 Å². The van der Waals surface area contributed by atoms with Gasteiger partial charge in [-0.2, -0.15) is 0 Å². The Morgan fingerprint density at radius 1 is 1.33 bits per heavy atom. The Hall–Kier alpha value is -1.15. The monoisotopic (exact) mass is 433 g/mol. The SMILES string of the molecule is CCN(C(C)=O)C1CCN(c2nc(CCN)nc3sc(C)c(C)c23)C1.Cl.Cl. The van der Waals surface area contributed by atoms with Crippen LogP contribution in [-0.4, -0.2) is 53.0 Å². The zero-order valence-electron chi connectivity index (χ0n) is 16.3. The molecule has 1 atom stereocenters. The molecule has 2 aromatic rings. The fourth-order valence-corrected chi connectivity index (χ4v) is 4.71. The molecule has 0 spiro atoms. The van der Waals surface area contributed by atoms with E-state index in [1.54, 1.807) is 18.3 Å². The van der Waals surface area contributed by atoms with Gasteiger partial charge in [0.15, 0.2) is 0 Å². The van der Waals surface area contributed by atoms with Gasteiger partial charge in [0.1, 0.15) is 16.5 Å².